The number of carbonyl (C=O) groups is 2. The molecule has 0 atom stereocenters. The van der Waals surface area contributed by atoms with Crippen molar-refractivity contribution in [3.05, 3.63) is 29.3 Å². The van der Waals surface area contributed by atoms with E-state index in [4.69, 9.17) is 11.6 Å². The number of halogens is 1. The molecule has 1 aromatic rings. The van der Waals surface area contributed by atoms with Gasteiger partial charge < -0.3 is 0 Å². The molecule has 4 nitrogen and oxygen atoms in total. The summed E-state index contributed by atoms with van der Waals surface area (Å²) in [6, 6.07) is 6.62. The second-order valence-corrected chi connectivity index (χ2v) is 3.55. The first-order valence-electron chi connectivity index (χ1n) is 4.29. The summed E-state index contributed by atoms with van der Waals surface area (Å²) < 4.78 is 0. The highest BCUT2D eigenvalue weighted by Crippen LogP contribution is 2.22. The fourth-order valence-corrected chi connectivity index (χ4v) is 1.46. The van der Waals surface area contributed by atoms with E-state index in [0.29, 0.717) is 10.7 Å². The Morgan fingerprint density at radius 1 is 1.33 bits per heavy atom. The lowest BCUT2D eigenvalue weighted by atomic mass is 10.2. The summed E-state index contributed by atoms with van der Waals surface area (Å²) in [5.74, 6) is -1.22. The number of hydrogen-bond donors (Lipinski definition) is 0. The Morgan fingerprint density at radius 2 is 2.07 bits per heavy atom. The molecule has 0 saturated carbocycles. The van der Waals surface area contributed by atoms with Crippen LogP contribution in [0, 0.1) is 0 Å². The van der Waals surface area contributed by atoms with Gasteiger partial charge in [-0.3, -0.25) is 9.59 Å². The maximum Gasteiger partial charge on any atom is 0.321 e. The number of benzene rings is 1. The molecular formula is C10H7ClN2O2. The Hall–Kier alpha value is -1.68. The molecule has 1 heterocycles. The van der Waals surface area contributed by atoms with E-state index in [1.165, 1.54) is 6.92 Å². The lowest BCUT2D eigenvalue weighted by Crippen LogP contribution is -2.26. The minimum absolute atomic E-state index is 0.194. The minimum atomic E-state index is -0.644. The Labute approximate surface area is 91.1 Å². The minimum Gasteiger partial charge on any atom is -0.282 e. The highest BCUT2D eigenvalue weighted by molar-refractivity contribution is 6.69. The summed E-state index contributed by atoms with van der Waals surface area (Å²) in [4.78, 5) is 22.7. The van der Waals surface area contributed by atoms with E-state index in [1.807, 2.05) is 0 Å². The van der Waals surface area contributed by atoms with Crippen molar-refractivity contribution >= 4 is 34.7 Å². The molecule has 0 saturated heterocycles. The van der Waals surface area contributed by atoms with E-state index in [-0.39, 0.29) is 5.71 Å². The average Bonchev–Trinajstić information content (AvgIpc) is 2.46. The molecule has 2 rings (SSSR count). The second-order valence-electron chi connectivity index (χ2n) is 3.11. The molecule has 5 heteroatoms. The number of carbonyl (C=O) groups excluding carboxylic acids is 2. The smallest absolute Gasteiger partial charge is 0.282 e. The number of hydrogen-bond acceptors (Lipinski definition) is 3. The lowest BCUT2D eigenvalue weighted by Gasteiger charge is -2.10. The number of rotatable bonds is 1. The number of anilines is 1. The first kappa shape index (κ1) is 9.86. The largest absolute Gasteiger partial charge is 0.321 e. The van der Waals surface area contributed by atoms with E-state index in [2.05, 4.69) is 5.10 Å². The van der Waals surface area contributed by atoms with Gasteiger partial charge >= 0.3 is 5.91 Å². The molecule has 0 unspecified atom stereocenters. The summed E-state index contributed by atoms with van der Waals surface area (Å²) in [5.41, 5.74) is 0.692. The SMILES string of the molecule is CC1=NN(c2cccc(Cl)c2)C(=O)C1=O. The molecule has 0 bridgehead atoms. The van der Waals surface area contributed by atoms with Crippen molar-refractivity contribution in [2.24, 2.45) is 5.10 Å². The standard InChI is InChI=1S/C10H7ClN2O2/c1-6-9(14)10(15)13(12-6)8-4-2-3-7(11)5-8/h2-5H,1H3. The van der Waals surface area contributed by atoms with E-state index in [0.717, 1.165) is 5.01 Å². The number of amides is 1. The summed E-state index contributed by atoms with van der Waals surface area (Å²) >= 11 is 5.77. The maximum atomic E-state index is 11.4. The zero-order valence-electron chi connectivity index (χ0n) is 7.90. The third-order valence-electron chi connectivity index (χ3n) is 2.02. The van der Waals surface area contributed by atoms with Crippen molar-refractivity contribution in [2.45, 2.75) is 6.92 Å². The van der Waals surface area contributed by atoms with Gasteiger partial charge in [-0.2, -0.15) is 10.1 Å². The molecule has 0 radical (unpaired) electrons. The van der Waals surface area contributed by atoms with Crippen molar-refractivity contribution in [2.75, 3.05) is 5.01 Å². The molecule has 1 aliphatic rings. The van der Waals surface area contributed by atoms with Gasteiger partial charge in [0.2, 0.25) is 0 Å². The quantitative estimate of drug-likeness (QED) is 0.678. The van der Waals surface area contributed by atoms with Crippen molar-refractivity contribution in [1.29, 1.82) is 0 Å². The zero-order chi connectivity index (χ0) is 11.0. The van der Waals surface area contributed by atoms with Crippen LogP contribution in [0.4, 0.5) is 5.69 Å². The lowest BCUT2D eigenvalue weighted by molar-refractivity contribution is -0.131. The van der Waals surface area contributed by atoms with Crippen LogP contribution < -0.4 is 5.01 Å². The number of ketones is 1. The molecule has 1 amide bonds. The van der Waals surface area contributed by atoms with Crippen LogP contribution in [-0.4, -0.2) is 17.4 Å². The topological polar surface area (TPSA) is 49.7 Å². The Bertz CT molecular complexity index is 482. The molecule has 0 N–H and O–H groups in total. The first-order chi connectivity index (χ1) is 7.09. The Balaban J connectivity index is 2.42. The molecule has 1 aromatic carbocycles. The number of nitrogens with zero attached hydrogens (tertiary/aromatic N) is 2. The van der Waals surface area contributed by atoms with Gasteiger partial charge in [0.15, 0.2) is 0 Å². The molecule has 15 heavy (non-hydrogen) atoms. The van der Waals surface area contributed by atoms with E-state index >= 15 is 0 Å². The van der Waals surface area contributed by atoms with Crippen LogP contribution in [-0.2, 0) is 9.59 Å². The summed E-state index contributed by atoms with van der Waals surface area (Å²) in [6.07, 6.45) is 0. The third kappa shape index (κ3) is 1.64. The maximum absolute atomic E-state index is 11.4. The Morgan fingerprint density at radius 3 is 2.60 bits per heavy atom. The summed E-state index contributed by atoms with van der Waals surface area (Å²) in [7, 11) is 0. The molecule has 0 spiro atoms. The van der Waals surface area contributed by atoms with Crippen molar-refractivity contribution < 1.29 is 9.59 Å². The predicted octanol–water partition coefficient (Wildman–Crippen LogP) is 1.63. The van der Waals surface area contributed by atoms with Gasteiger partial charge in [0.05, 0.1) is 5.69 Å². The molecule has 0 aliphatic carbocycles. The van der Waals surface area contributed by atoms with Crippen LogP contribution in [0.15, 0.2) is 29.4 Å². The molecular weight excluding hydrogens is 216 g/mol. The first-order valence-corrected chi connectivity index (χ1v) is 4.67. The van der Waals surface area contributed by atoms with Gasteiger partial charge in [-0.05, 0) is 25.1 Å². The van der Waals surface area contributed by atoms with Gasteiger partial charge in [0, 0.05) is 5.02 Å². The van der Waals surface area contributed by atoms with E-state index in [9.17, 15) is 9.59 Å². The molecule has 76 valence electrons. The average molecular weight is 223 g/mol. The summed E-state index contributed by atoms with van der Waals surface area (Å²) in [5, 5.41) is 5.41. The second kappa shape index (κ2) is 3.47. The van der Waals surface area contributed by atoms with Crippen LogP contribution in [0.5, 0.6) is 0 Å². The summed E-state index contributed by atoms with van der Waals surface area (Å²) in [6.45, 7) is 1.50. The fourth-order valence-electron chi connectivity index (χ4n) is 1.27. The van der Waals surface area contributed by atoms with Gasteiger partial charge in [0.25, 0.3) is 5.78 Å². The predicted molar refractivity (Wildman–Crippen MR) is 57.1 cm³/mol. The van der Waals surface area contributed by atoms with Gasteiger partial charge in [0.1, 0.15) is 5.71 Å². The van der Waals surface area contributed by atoms with Crippen LogP contribution in [0.1, 0.15) is 6.92 Å². The van der Waals surface area contributed by atoms with Gasteiger partial charge in [-0.1, -0.05) is 17.7 Å². The Kier molecular flexibility index (Phi) is 2.28. The van der Waals surface area contributed by atoms with Crippen LogP contribution in [0.3, 0.4) is 0 Å². The fraction of sp³-hybridized carbons (Fsp3) is 0.100. The number of hydrazone groups is 1. The highest BCUT2D eigenvalue weighted by Gasteiger charge is 2.32. The van der Waals surface area contributed by atoms with Gasteiger partial charge in [-0.15, -0.1) is 0 Å². The van der Waals surface area contributed by atoms with Gasteiger partial charge in [-0.25, -0.2) is 0 Å². The molecule has 0 aromatic heterocycles. The molecule has 0 fully saturated rings. The van der Waals surface area contributed by atoms with Crippen LogP contribution >= 0.6 is 11.6 Å². The normalized spacial score (nSPS) is 15.9. The van der Waals surface area contributed by atoms with E-state index in [1.54, 1.807) is 24.3 Å². The zero-order valence-corrected chi connectivity index (χ0v) is 8.65. The van der Waals surface area contributed by atoms with Crippen molar-refractivity contribution in [3.63, 3.8) is 0 Å². The third-order valence-corrected chi connectivity index (χ3v) is 2.25. The van der Waals surface area contributed by atoms with Crippen molar-refractivity contribution in [1.82, 2.24) is 0 Å². The molecule has 1 aliphatic heterocycles. The van der Waals surface area contributed by atoms with E-state index < -0.39 is 11.7 Å². The van der Waals surface area contributed by atoms with Crippen LogP contribution in [0.25, 0.3) is 0 Å². The highest BCUT2D eigenvalue weighted by atomic mass is 35.5. The van der Waals surface area contributed by atoms with Crippen molar-refractivity contribution in [3.8, 4) is 0 Å². The monoisotopic (exact) mass is 222 g/mol. The number of Topliss-reactive ketones (excluding diaryl/α,β-unsaturated/α-hetero) is 1. The van der Waals surface area contributed by atoms with Crippen LogP contribution in [0.2, 0.25) is 5.02 Å².